The monoisotopic (exact) mass is 296 g/mol. The van der Waals surface area contributed by atoms with Crippen molar-refractivity contribution < 1.29 is 14.2 Å². The first kappa shape index (κ1) is 13.7. The van der Waals surface area contributed by atoms with Gasteiger partial charge >= 0.3 is 0 Å². The van der Waals surface area contributed by atoms with E-state index >= 15 is 0 Å². The molecule has 100 valence electrons. The van der Waals surface area contributed by atoms with Crippen LogP contribution in [0, 0.1) is 0 Å². The van der Waals surface area contributed by atoms with Crippen LogP contribution in [0.1, 0.15) is 5.56 Å². The Morgan fingerprint density at radius 3 is 2.58 bits per heavy atom. The summed E-state index contributed by atoms with van der Waals surface area (Å²) in [4.78, 5) is 11.0. The van der Waals surface area contributed by atoms with Crippen LogP contribution in [-0.2, 0) is 22.2 Å². The summed E-state index contributed by atoms with van der Waals surface area (Å²) in [5.74, 6) is -0.470. The van der Waals surface area contributed by atoms with E-state index in [1.807, 2.05) is 11.4 Å². The molecule has 0 fully saturated rings. The molecule has 1 heterocycles. The van der Waals surface area contributed by atoms with Gasteiger partial charge in [-0.15, -0.1) is 11.3 Å². The summed E-state index contributed by atoms with van der Waals surface area (Å²) < 4.78 is 15.5. The number of rotatable bonds is 5. The van der Waals surface area contributed by atoms with Crippen LogP contribution in [0.5, 0.6) is 0 Å². The molecule has 0 aliphatic rings. The Bertz CT molecular complexity index is 567. The number of amides is 1. The molecule has 0 aliphatic heterocycles. The Morgan fingerprint density at radius 2 is 2.00 bits per heavy atom. The highest BCUT2D eigenvalue weighted by atomic mass is 32.2. The standard InChI is InChI=1S/C12H12N2O3S2/c15-11(13-16)8-9-3-5-10(6-4-9)14-19(17)12-2-1-7-18-12/h1-7,14,16H,8H2,(H,13,15). The molecule has 2 rings (SSSR count). The second kappa shape index (κ2) is 6.46. The molecule has 19 heavy (non-hydrogen) atoms. The summed E-state index contributed by atoms with van der Waals surface area (Å²) in [6.07, 6.45) is 0.102. The lowest BCUT2D eigenvalue weighted by Gasteiger charge is -2.05. The highest BCUT2D eigenvalue weighted by Gasteiger charge is 2.05. The predicted octanol–water partition coefficient (Wildman–Crippen LogP) is 1.93. The first-order valence-corrected chi connectivity index (χ1v) is 7.46. The van der Waals surface area contributed by atoms with Crippen molar-refractivity contribution in [3.63, 3.8) is 0 Å². The van der Waals surface area contributed by atoms with Gasteiger partial charge in [0, 0.05) is 5.69 Å². The van der Waals surface area contributed by atoms with E-state index in [0.717, 1.165) is 9.77 Å². The molecule has 0 spiro atoms. The molecule has 1 atom stereocenters. The zero-order valence-corrected chi connectivity index (χ0v) is 11.5. The van der Waals surface area contributed by atoms with Gasteiger partial charge in [-0.1, -0.05) is 18.2 Å². The smallest absolute Gasteiger partial charge is 0.247 e. The fraction of sp³-hybridized carbons (Fsp3) is 0.0833. The van der Waals surface area contributed by atoms with Gasteiger partial charge in [0.15, 0.2) is 11.0 Å². The number of carbonyl (C=O) groups is 1. The summed E-state index contributed by atoms with van der Waals surface area (Å²) in [5.41, 5.74) is 3.05. The fourth-order valence-electron chi connectivity index (χ4n) is 1.44. The quantitative estimate of drug-likeness (QED) is 0.583. The van der Waals surface area contributed by atoms with E-state index in [2.05, 4.69) is 4.72 Å². The van der Waals surface area contributed by atoms with E-state index in [-0.39, 0.29) is 6.42 Å². The van der Waals surface area contributed by atoms with E-state index in [0.29, 0.717) is 5.69 Å². The van der Waals surface area contributed by atoms with Crippen molar-refractivity contribution in [2.24, 2.45) is 0 Å². The topological polar surface area (TPSA) is 78.4 Å². The molecule has 0 aliphatic carbocycles. The van der Waals surface area contributed by atoms with Crippen molar-refractivity contribution in [3.8, 4) is 0 Å². The van der Waals surface area contributed by atoms with Gasteiger partial charge in [0.05, 0.1) is 6.42 Å². The van der Waals surface area contributed by atoms with Crippen molar-refractivity contribution in [1.82, 2.24) is 5.48 Å². The molecule has 1 amide bonds. The Labute approximate surface area is 116 Å². The largest absolute Gasteiger partial charge is 0.300 e. The van der Waals surface area contributed by atoms with Gasteiger partial charge in [0.2, 0.25) is 5.91 Å². The Morgan fingerprint density at radius 1 is 1.26 bits per heavy atom. The maximum atomic E-state index is 11.9. The Hall–Kier alpha value is -1.70. The summed E-state index contributed by atoms with van der Waals surface area (Å²) in [6.45, 7) is 0. The van der Waals surface area contributed by atoms with Gasteiger partial charge in [-0.2, -0.15) is 0 Å². The minimum absolute atomic E-state index is 0.102. The van der Waals surface area contributed by atoms with Crippen LogP contribution in [0.4, 0.5) is 5.69 Å². The number of benzene rings is 1. The molecule has 3 N–H and O–H groups in total. The zero-order valence-electron chi connectivity index (χ0n) is 9.83. The summed E-state index contributed by atoms with van der Waals surface area (Å²) in [5, 5.41) is 10.3. The number of nitrogens with one attached hydrogen (secondary N) is 2. The summed E-state index contributed by atoms with van der Waals surface area (Å²) >= 11 is 1.42. The lowest BCUT2D eigenvalue weighted by Crippen LogP contribution is -2.20. The molecule has 1 aromatic carbocycles. The lowest BCUT2D eigenvalue weighted by atomic mass is 10.1. The second-order valence-electron chi connectivity index (χ2n) is 3.71. The SMILES string of the molecule is O=C(Cc1ccc(NS(=O)c2cccs2)cc1)NO. The Balaban J connectivity index is 1.99. The molecule has 1 unspecified atom stereocenters. The maximum Gasteiger partial charge on any atom is 0.247 e. The van der Waals surface area contributed by atoms with Crippen molar-refractivity contribution in [3.05, 3.63) is 47.3 Å². The molecule has 2 aromatic rings. The van der Waals surface area contributed by atoms with Gasteiger partial charge in [0.1, 0.15) is 4.21 Å². The predicted molar refractivity (Wildman–Crippen MR) is 74.4 cm³/mol. The van der Waals surface area contributed by atoms with Crippen LogP contribution in [0.3, 0.4) is 0 Å². The van der Waals surface area contributed by atoms with Crippen LogP contribution < -0.4 is 10.2 Å². The third kappa shape index (κ3) is 3.88. The van der Waals surface area contributed by atoms with Crippen LogP contribution in [0.15, 0.2) is 46.0 Å². The third-order valence-corrected chi connectivity index (χ3v) is 4.66. The number of hydroxylamine groups is 1. The van der Waals surface area contributed by atoms with Gasteiger partial charge in [-0.3, -0.25) is 10.0 Å². The van der Waals surface area contributed by atoms with Crippen molar-refractivity contribution in [1.29, 1.82) is 0 Å². The van der Waals surface area contributed by atoms with Crippen molar-refractivity contribution in [2.45, 2.75) is 10.6 Å². The zero-order chi connectivity index (χ0) is 13.7. The number of anilines is 1. The molecule has 5 nitrogen and oxygen atoms in total. The average molecular weight is 296 g/mol. The number of hydrogen-bond acceptors (Lipinski definition) is 4. The third-order valence-electron chi connectivity index (χ3n) is 2.33. The molecular weight excluding hydrogens is 284 g/mol. The van der Waals surface area contributed by atoms with E-state index in [9.17, 15) is 9.00 Å². The van der Waals surface area contributed by atoms with E-state index in [1.165, 1.54) is 11.3 Å². The van der Waals surface area contributed by atoms with Crippen LogP contribution in [0.25, 0.3) is 0 Å². The minimum atomic E-state index is -1.27. The van der Waals surface area contributed by atoms with Gasteiger partial charge in [-0.25, -0.2) is 9.69 Å². The second-order valence-corrected chi connectivity index (χ2v) is 6.10. The molecule has 1 aromatic heterocycles. The number of hydrogen-bond donors (Lipinski definition) is 3. The van der Waals surface area contributed by atoms with Crippen molar-refractivity contribution >= 4 is 33.9 Å². The maximum absolute atomic E-state index is 11.9. The Kier molecular flexibility index (Phi) is 4.67. The van der Waals surface area contributed by atoms with Crippen molar-refractivity contribution in [2.75, 3.05) is 4.72 Å². The van der Waals surface area contributed by atoms with Gasteiger partial charge in [-0.05, 0) is 29.1 Å². The molecule has 0 radical (unpaired) electrons. The first-order chi connectivity index (χ1) is 9.19. The summed E-state index contributed by atoms with van der Waals surface area (Å²) in [7, 11) is -1.27. The lowest BCUT2D eigenvalue weighted by molar-refractivity contribution is -0.128. The van der Waals surface area contributed by atoms with E-state index in [1.54, 1.807) is 35.8 Å². The molecular formula is C12H12N2O3S2. The van der Waals surface area contributed by atoms with E-state index in [4.69, 9.17) is 5.21 Å². The van der Waals surface area contributed by atoms with Gasteiger partial charge in [0.25, 0.3) is 0 Å². The number of carbonyl (C=O) groups excluding carboxylic acids is 1. The summed E-state index contributed by atoms with van der Waals surface area (Å²) in [6, 6.07) is 10.6. The molecule has 7 heteroatoms. The van der Waals surface area contributed by atoms with Crippen LogP contribution in [0.2, 0.25) is 0 Å². The van der Waals surface area contributed by atoms with Gasteiger partial charge < -0.3 is 4.72 Å². The fourth-order valence-corrected chi connectivity index (χ4v) is 3.18. The minimum Gasteiger partial charge on any atom is -0.300 e. The van der Waals surface area contributed by atoms with Crippen LogP contribution >= 0.6 is 11.3 Å². The first-order valence-electron chi connectivity index (χ1n) is 5.43. The average Bonchev–Trinajstić information content (AvgIpc) is 2.95. The normalized spacial score (nSPS) is 11.8. The molecule has 0 bridgehead atoms. The van der Waals surface area contributed by atoms with E-state index < -0.39 is 16.9 Å². The molecule has 0 saturated heterocycles. The van der Waals surface area contributed by atoms with Crippen LogP contribution in [-0.4, -0.2) is 15.3 Å². The highest BCUT2D eigenvalue weighted by Crippen LogP contribution is 2.17. The highest BCUT2D eigenvalue weighted by molar-refractivity contribution is 7.88. The molecule has 0 saturated carbocycles. The number of thiophene rings is 1.